The van der Waals surface area contributed by atoms with Gasteiger partial charge in [-0.25, -0.2) is 9.98 Å². The van der Waals surface area contributed by atoms with Gasteiger partial charge in [0.1, 0.15) is 5.84 Å². The molecule has 0 fully saturated rings. The van der Waals surface area contributed by atoms with E-state index in [4.69, 9.17) is 26.1 Å². The van der Waals surface area contributed by atoms with Crippen molar-refractivity contribution in [3.63, 3.8) is 0 Å². The second kappa shape index (κ2) is 18.9. The molecule has 6 nitrogen and oxygen atoms in total. The number of nitrogens with one attached hydrogen (secondary N) is 1. The molecule has 288 valence electrons. The van der Waals surface area contributed by atoms with Crippen LogP contribution < -0.4 is 5.73 Å². The summed E-state index contributed by atoms with van der Waals surface area (Å²) in [5.41, 5.74) is 20.2. The van der Waals surface area contributed by atoms with E-state index in [-0.39, 0.29) is 0 Å². The van der Waals surface area contributed by atoms with Crippen LogP contribution in [0, 0.1) is 5.41 Å². The molecule has 6 heteroatoms. The Kier molecular flexibility index (Phi) is 12.2. The number of amidine groups is 2. The van der Waals surface area contributed by atoms with Crippen LogP contribution in [-0.2, 0) is 6.54 Å². The summed E-state index contributed by atoms with van der Waals surface area (Å²) in [5, 5.41) is 7.90. The van der Waals surface area contributed by atoms with Crippen LogP contribution in [0.1, 0.15) is 27.9 Å². The van der Waals surface area contributed by atoms with Crippen LogP contribution in [0.5, 0.6) is 0 Å². The van der Waals surface area contributed by atoms with Gasteiger partial charge >= 0.3 is 0 Å². The topological polar surface area (TPSA) is 100 Å². The van der Waals surface area contributed by atoms with Crippen LogP contribution in [0.15, 0.2) is 222 Å². The van der Waals surface area contributed by atoms with Crippen molar-refractivity contribution in [3.05, 3.63) is 240 Å². The van der Waals surface area contributed by atoms with Gasteiger partial charge in [-0.3, -0.25) is 9.98 Å². The minimum absolute atomic E-state index is 0.415. The van der Waals surface area contributed by atoms with E-state index in [1.807, 2.05) is 109 Å². The lowest BCUT2D eigenvalue weighted by Gasteiger charge is -2.09. The van der Waals surface area contributed by atoms with Crippen molar-refractivity contribution in [2.45, 2.75) is 6.54 Å². The second-order valence-corrected chi connectivity index (χ2v) is 14.1. The molecule has 8 rings (SSSR count). The molecule has 0 spiro atoms. The number of pyridine rings is 2. The molecular formula is C54H42N6. The van der Waals surface area contributed by atoms with Crippen LogP contribution in [0.2, 0.25) is 0 Å². The molecule has 2 aromatic heterocycles. The van der Waals surface area contributed by atoms with Crippen molar-refractivity contribution in [1.82, 2.24) is 9.97 Å². The van der Waals surface area contributed by atoms with E-state index >= 15 is 0 Å². The summed E-state index contributed by atoms with van der Waals surface area (Å²) in [6.07, 6.45) is 8.90. The molecular weight excluding hydrogens is 733 g/mol. The summed E-state index contributed by atoms with van der Waals surface area (Å²) in [7, 11) is 0. The Labute approximate surface area is 351 Å². The Hall–Kier alpha value is -8.09. The first-order valence-electron chi connectivity index (χ1n) is 19.8. The first-order valence-corrected chi connectivity index (χ1v) is 19.8. The number of aliphatic imine (C=N–C) groups is 2. The van der Waals surface area contributed by atoms with Gasteiger partial charge in [0.15, 0.2) is 5.84 Å². The van der Waals surface area contributed by atoms with Crippen LogP contribution in [0.4, 0.5) is 0 Å². The normalized spacial score (nSPS) is 12.1. The molecule has 8 aromatic rings. The maximum absolute atomic E-state index is 7.90. The number of allylic oxidation sites excluding steroid dienone is 3. The maximum Gasteiger partial charge on any atom is 0.157 e. The van der Waals surface area contributed by atoms with Crippen LogP contribution in [-0.4, -0.2) is 27.9 Å². The number of nitrogens with two attached hydrogens (primary N) is 1. The Balaban J connectivity index is 1.00. The molecule has 60 heavy (non-hydrogen) atoms. The fourth-order valence-electron chi connectivity index (χ4n) is 6.84. The zero-order valence-electron chi connectivity index (χ0n) is 32.9. The Morgan fingerprint density at radius 1 is 0.533 bits per heavy atom. The standard InChI is InChI=1S/C54H42N6/c55-34-33-46(31-32-50-36-49(41-14-6-2-7-15-41)37-52(59-50)51-18-10-11-35-57-51)45-25-23-44(24-26-45)42-21-19-39(20-22-42)38-58-54(60-53(56)47-16-8-3-9-17-47)48-29-27-43(28-30-48)40-12-4-1-5-13-40/h1-37,55H,38H2,(H2,56,58,60)/b32-31+,46-33+,55-34?. The molecule has 6 aromatic carbocycles. The molecule has 0 saturated carbocycles. The van der Waals surface area contributed by atoms with Gasteiger partial charge in [-0.1, -0.05) is 176 Å². The van der Waals surface area contributed by atoms with Crippen molar-refractivity contribution < 1.29 is 0 Å². The molecule has 0 aliphatic carbocycles. The number of nitrogens with zero attached hydrogens (tertiary/aromatic N) is 4. The van der Waals surface area contributed by atoms with Crippen LogP contribution >= 0.6 is 0 Å². The highest BCUT2D eigenvalue weighted by Crippen LogP contribution is 2.28. The Bertz CT molecular complexity index is 2740. The lowest BCUT2D eigenvalue weighted by molar-refractivity contribution is 1.06. The first kappa shape index (κ1) is 38.8. The quantitative estimate of drug-likeness (QED) is 0.0734. The van der Waals surface area contributed by atoms with Crippen molar-refractivity contribution in [2.24, 2.45) is 15.7 Å². The van der Waals surface area contributed by atoms with Gasteiger partial charge in [0.25, 0.3) is 0 Å². The highest BCUT2D eigenvalue weighted by Gasteiger charge is 2.10. The van der Waals surface area contributed by atoms with E-state index in [2.05, 4.69) is 102 Å². The maximum atomic E-state index is 7.90. The minimum atomic E-state index is 0.415. The van der Waals surface area contributed by atoms with E-state index in [0.717, 1.165) is 78.3 Å². The minimum Gasteiger partial charge on any atom is -0.383 e. The van der Waals surface area contributed by atoms with Gasteiger partial charge in [0, 0.05) is 23.5 Å². The lowest BCUT2D eigenvalue weighted by Crippen LogP contribution is -2.16. The molecule has 0 saturated heterocycles. The molecule has 0 radical (unpaired) electrons. The summed E-state index contributed by atoms with van der Waals surface area (Å²) in [5.74, 6) is 0.991. The number of benzene rings is 6. The number of rotatable bonds is 12. The van der Waals surface area contributed by atoms with E-state index in [1.54, 1.807) is 12.3 Å². The first-order chi connectivity index (χ1) is 29.6. The summed E-state index contributed by atoms with van der Waals surface area (Å²) in [4.78, 5) is 19.3. The summed E-state index contributed by atoms with van der Waals surface area (Å²) in [6, 6.07) is 65.5. The highest BCUT2D eigenvalue weighted by molar-refractivity contribution is 6.11. The number of aromatic nitrogens is 2. The van der Waals surface area contributed by atoms with Gasteiger partial charge in [-0.2, -0.15) is 0 Å². The molecule has 0 atom stereocenters. The van der Waals surface area contributed by atoms with E-state index < -0.39 is 0 Å². The molecule has 0 bridgehead atoms. The SMILES string of the molecule is N=C/C=C(\C=C\c1cc(-c2ccccc2)cc(-c2ccccn2)n1)c1ccc(-c2ccc(CN=C(N=C(N)c3ccccc3)c3ccc(-c4ccccc4)cc3)cc2)cc1. The summed E-state index contributed by atoms with van der Waals surface area (Å²) in [6.45, 7) is 0.442. The third-order valence-corrected chi connectivity index (χ3v) is 10.0. The van der Waals surface area contributed by atoms with Crippen molar-refractivity contribution in [3.8, 4) is 44.8 Å². The zero-order chi connectivity index (χ0) is 40.9. The van der Waals surface area contributed by atoms with E-state index in [0.29, 0.717) is 18.2 Å². The van der Waals surface area contributed by atoms with Crippen LogP contribution in [0.3, 0.4) is 0 Å². The van der Waals surface area contributed by atoms with Gasteiger partial charge in [-0.15, -0.1) is 0 Å². The van der Waals surface area contributed by atoms with Gasteiger partial charge in [-0.05, 0) is 86.5 Å². The predicted octanol–water partition coefficient (Wildman–Crippen LogP) is 12.2. The largest absolute Gasteiger partial charge is 0.383 e. The fourth-order valence-corrected chi connectivity index (χ4v) is 6.84. The van der Waals surface area contributed by atoms with Crippen LogP contribution in [0.25, 0.3) is 56.4 Å². The Morgan fingerprint density at radius 2 is 1.08 bits per heavy atom. The number of hydrogen-bond donors (Lipinski definition) is 2. The third-order valence-electron chi connectivity index (χ3n) is 10.0. The fraction of sp³-hybridized carbons (Fsp3) is 0.0185. The van der Waals surface area contributed by atoms with E-state index in [9.17, 15) is 0 Å². The predicted molar refractivity (Wildman–Crippen MR) is 250 cm³/mol. The molecule has 0 aliphatic heterocycles. The molecule has 2 heterocycles. The second-order valence-electron chi connectivity index (χ2n) is 14.1. The van der Waals surface area contributed by atoms with Crippen molar-refractivity contribution in [2.75, 3.05) is 0 Å². The van der Waals surface area contributed by atoms with Gasteiger partial charge < -0.3 is 11.1 Å². The Morgan fingerprint density at radius 3 is 1.68 bits per heavy atom. The average Bonchev–Trinajstić information content (AvgIpc) is 3.33. The summed E-state index contributed by atoms with van der Waals surface area (Å²) >= 11 is 0. The third kappa shape index (κ3) is 9.71. The number of hydrogen-bond acceptors (Lipinski definition) is 4. The van der Waals surface area contributed by atoms with E-state index in [1.165, 1.54) is 6.21 Å². The smallest absolute Gasteiger partial charge is 0.157 e. The van der Waals surface area contributed by atoms with Gasteiger partial charge in [0.2, 0.25) is 0 Å². The van der Waals surface area contributed by atoms with Gasteiger partial charge in [0.05, 0.1) is 23.6 Å². The monoisotopic (exact) mass is 774 g/mol. The molecule has 0 aliphatic rings. The van der Waals surface area contributed by atoms with Crippen molar-refractivity contribution >= 4 is 29.5 Å². The average molecular weight is 775 g/mol. The highest BCUT2D eigenvalue weighted by atomic mass is 15.0. The summed E-state index contributed by atoms with van der Waals surface area (Å²) < 4.78 is 0. The molecule has 0 amide bonds. The zero-order valence-corrected chi connectivity index (χ0v) is 32.9. The lowest BCUT2D eigenvalue weighted by atomic mass is 9.98. The van der Waals surface area contributed by atoms with Crippen molar-refractivity contribution in [1.29, 1.82) is 5.41 Å². The molecule has 3 N–H and O–H groups in total. The molecule has 0 unspecified atom stereocenters.